The molecule has 9 heavy (non-hydrogen) atoms. The summed E-state index contributed by atoms with van der Waals surface area (Å²) in [7, 11) is 1.90. The van der Waals surface area contributed by atoms with Gasteiger partial charge in [-0.3, -0.25) is 4.68 Å². The van der Waals surface area contributed by atoms with E-state index in [1.807, 2.05) is 14.0 Å². The van der Waals surface area contributed by atoms with E-state index in [0.717, 1.165) is 18.1 Å². The molecule has 0 aromatic carbocycles. The Morgan fingerprint density at radius 1 is 1.56 bits per heavy atom. The lowest BCUT2D eigenvalue weighted by Gasteiger charge is -1.85. The van der Waals surface area contributed by atoms with Gasteiger partial charge < -0.3 is 0 Å². The largest absolute Gasteiger partial charge is 0.253 e. The van der Waals surface area contributed by atoms with Crippen LogP contribution in [0.3, 0.4) is 0 Å². The topological polar surface area (TPSA) is 30.7 Å². The molecule has 0 spiro atoms. The smallest absolute Gasteiger partial charge is 0.150 e. The molecule has 0 aliphatic rings. The van der Waals surface area contributed by atoms with E-state index in [-0.39, 0.29) is 0 Å². The zero-order valence-electron chi connectivity index (χ0n) is 6.05. The maximum atomic E-state index is 4.18. The van der Waals surface area contributed by atoms with Gasteiger partial charge >= 0.3 is 0 Å². The van der Waals surface area contributed by atoms with Gasteiger partial charge in [-0.25, -0.2) is 4.98 Å². The van der Waals surface area contributed by atoms with E-state index < -0.39 is 0 Å². The SMILES string of the molecule is CCc1nc(C)n(C)n1. The summed E-state index contributed by atoms with van der Waals surface area (Å²) in [4.78, 5) is 4.18. The van der Waals surface area contributed by atoms with Crippen LogP contribution in [-0.4, -0.2) is 14.8 Å². The van der Waals surface area contributed by atoms with Gasteiger partial charge in [-0.1, -0.05) is 6.92 Å². The van der Waals surface area contributed by atoms with Crippen molar-refractivity contribution in [2.24, 2.45) is 7.05 Å². The molecule has 0 saturated carbocycles. The van der Waals surface area contributed by atoms with Crippen LogP contribution in [-0.2, 0) is 13.5 Å². The molecule has 0 saturated heterocycles. The molecule has 0 bridgehead atoms. The number of nitrogens with zero attached hydrogens (tertiary/aromatic N) is 3. The molecule has 0 radical (unpaired) electrons. The van der Waals surface area contributed by atoms with Gasteiger partial charge in [0.1, 0.15) is 5.82 Å². The highest BCUT2D eigenvalue weighted by Crippen LogP contribution is 1.93. The number of aromatic nitrogens is 3. The molecule has 3 heteroatoms. The zero-order valence-corrected chi connectivity index (χ0v) is 6.05. The molecule has 50 valence electrons. The first-order chi connectivity index (χ1) is 4.24. The Morgan fingerprint density at radius 3 is 2.44 bits per heavy atom. The molecule has 0 aliphatic carbocycles. The maximum Gasteiger partial charge on any atom is 0.150 e. The van der Waals surface area contributed by atoms with Crippen LogP contribution in [0.25, 0.3) is 0 Å². The molecule has 1 rings (SSSR count). The monoisotopic (exact) mass is 125 g/mol. The lowest BCUT2D eigenvalue weighted by molar-refractivity contribution is 0.722. The molecule has 0 N–H and O–H groups in total. The van der Waals surface area contributed by atoms with Crippen molar-refractivity contribution in [1.82, 2.24) is 14.8 Å². The molecule has 1 aromatic rings. The third-order valence-corrected chi connectivity index (χ3v) is 1.34. The minimum Gasteiger partial charge on any atom is -0.253 e. The highest BCUT2D eigenvalue weighted by molar-refractivity contribution is 4.88. The van der Waals surface area contributed by atoms with E-state index in [2.05, 4.69) is 17.0 Å². The van der Waals surface area contributed by atoms with Crippen molar-refractivity contribution >= 4 is 0 Å². The first kappa shape index (κ1) is 6.26. The second-order valence-corrected chi connectivity index (χ2v) is 2.05. The quantitative estimate of drug-likeness (QED) is 0.552. The first-order valence-corrected chi connectivity index (χ1v) is 3.10. The summed E-state index contributed by atoms with van der Waals surface area (Å²) in [6.45, 7) is 4.00. The average molecular weight is 125 g/mol. The lowest BCUT2D eigenvalue weighted by Crippen LogP contribution is -1.92. The van der Waals surface area contributed by atoms with Gasteiger partial charge in [-0.15, -0.1) is 0 Å². The van der Waals surface area contributed by atoms with E-state index in [1.54, 1.807) is 4.68 Å². The summed E-state index contributed by atoms with van der Waals surface area (Å²) < 4.78 is 1.79. The highest BCUT2D eigenvalue weighted by Gasteiger charge is 1.97. The Balaban J connectivity index is 2.98. The summed E-state index contributed by atoms with van der Waals surface area (Å²) in [6, 6.07) is 0. The van der Waals surface area contributed by atoms with Crippen molar-refractivity contribution in [2.75, 3.05) is 0 Å². The molecular weight excluding hydrogens is 114 g/mol. The normalized spacial score (nSPS) is 10.1. The van der Waals surface area contributed by atoms with Gasteiger partial charge in [0, 0.05) is 13.5 Å². The third-order valence-electron chi connectivity index (χ3n) is 1.34. The van der Waals surface area contributed by atoms with E-state index in [0.29, 0.717) is 0 Å². The summed E-state index contributed by atoms with van der Waals surface area (Å²) >= 11 is 0. The molecule has 0 aliphatic heterocycles. The Hall–Kier alpha value is -0.860. The van der Waals surface area contributed by atoms with Gasteiger partial charge in [-0.05, 0) is 6.92 Å². The van der Waals surface area contributed by atoms with Crippen LogP contribution in [0, 0.1) is 6.92 Å². The van der Waals surface area contributed by atoms with E-state index >= 15 is 0 Å². The second-order valence-electron chi connectivity index (χ2n) is 2.05. The van der Waals surface area contributed by atoms with Crippen LogP contribution in [0.5, 0.6) is 0 Å². The van der Waals surface area contributed by atoms with E-state index in [4.69, 9.17) is 0 Å². The second kappa shape index (κ2) is 2.17. The van der Waals surface area contributed by atoms with Gasteiger partial charge in [0.05, 0.1) is 0 Å². The fraction of sp³-hybridized carbons (Fsp3) is 0.667. The third kappa shape index (κ3) is 1.09. The number of rotatable bonds is 1. The minimum absolute atomic E-state index is 0.918. The van der Waals surface area contributed by atoms with Gasteiger partial charge in [0.15, 0.2) is 5.82 Å². The van der Waals surface area contributed by atoms with Gasteiger partial charge in [0.25, 0.3) is 0 Å². The van der Waals surface area contributed by atoms with Crippen LogP contribution >= 0.6 is 0 Å². The van der Waals surface area contributed by atoms with Crippen molar-refractivity contribution in [3.63, 3.8) is 0 Å². The number of hydrogen-bond donors (Lipinski definition) is 0. The molecule has 3 nitrogen and oxygen atoms in total. The van der Waals surface area contributed by atoms with Crippen LogP contribution in [0.1, 0.15) is 18.6 Å². The summed E-state index contributed by atoms with van der Waals surface area (Å²) in [5.74, 6) is 1.90. The minimum atomic E-state index is 0.918. The summed E-state index contributed by atoms with van der Waals surface area (Å²) in [6.07, 6.45) is 0.918. The van der Waals surface area contributed by atoms with E-state index in [9.17, 15) is 0 Å². The van der Waals surface area contributed by atoms with Crippen LogP contribution < -0.4 is 0 Å². The van der Waals surface area contributed by atoms with Crippen molar-refractivity contribution in [3.05, 3.63) is 11.6 Å². The Labute approximate surface area is 54.7 Å². The molecular formula is C6H11N3. The molecule has 1 aromatic heterocycles. The number of hydrogen-bond acceptors (Lipinski definition) is 2. The lowest BCUT2D eigenvalue weighted by atomic mass is 10.5. The van der Waals surface area contributed by atoms with Crippen molar-refractivity contribution in [3.8, 4) is 0 Å². The van der Waals surface area contributed by atoms with Crippen molar-refractivity contribution in [2.45, 2.75) is 20.3 Å². The zero-order chi connectivity index (χ0) is 6.85. The maximum absolute atomic E-state index is 4.18. The summed E-state index contributed by atoms with van der Waals surface area (Å²) in [5, 5.41) is 4.13. The Morgan fingerprint density at radius 2 is 2.22 bits per heavy atom. The van der Waals surface area contributed by atoms with Crippen LogP contribution in [0.2, 0.25) is 0 Å². The average Bonchev–Trinajstić information content (AvgIpc) is 2.13. The van der Waals surface area contributed by atoms with Crippen molar-refractivity contribution < 1.29 is 0 Å². The molecule has 0 amide bonds. The van der Waals surface area contributed by atoms with Gasteiger partial charge in [-0.2, -0.15) is 5.10 Å². The van der Waals surface area contributed by atoms with Crippen LogP contribution in [0.4, 0.5) is 0 Å². The highest BCUT2D eigenvalue weighted by atomic mass is 15.3. The molecule has 0 unspecified atom stereocenters. The Kier molecular flexibility index (Phi) is 1.51. The summed E-state index contributed by atoms with van der Waals surface area (Å²) in [5.41, 5.74) is 0. The van der Waals surface area contributed by atoms with Gasteiger partial charge in [0.2, 0.25) is 0 Å². The van der Waals surface area contributed by atoms with Crippen LogP contribution in [0.15, 0.2) is 0 Å². The first-order valence-electron chi connectivity index (χ1n) is 3.10. The molecule has 1 heterocycles. The fourth-order valence-electron chi connectivity index (χ4n) is 0.677. The standard InChI is InChI=1S/C6H11N3/c1-4-6-7-5(2)9(3)8-6/h4H2,1-3H3. The fourth-order valence-corrected chi connectivity index (χ4v) is 0.677. The molecule has 0 atom stereocenters. The predicted molar refractivity (Wildman–Crippen MR) is 35.1 cm³/mol. The predicted octanol–water partition coefficient (Wildman–Crippen LogP) is 0.686. The molecule has 0 fully saturated rings. The Bertz CT molecular complexity index is 183. The van der Waals surface area contributed by atoms with Crippen molar-refractivity contribution in [1.29, 1.82) is 0 Å². The number of aryl methyl sites for hydroxylation is 3. The van der Waals surface area contributed by atoms with E-state index in [1.165, 1.54) is 0 Å².